The number of aryl methyl sites for hydroxylation is 1. The quantitative estimate of drug-likeness (QED) is 0.175. The number of carbonyl (C=O) groups is 1. The average molecular weight is 531 g/mol. The normalized spacial score (nSPS) is 15.4. The van der Waals surface area contributed by atoms with Gasteiger partial charge in [-0.3, -0.25) is 9.79 Å². The minimum Gasteiger partial charge on any atom is -0.382 e. The molecule has 0 radical (unpaired) electrons. The number of hydrogen-bond acceptors (Lipinski definition) is 4. The van der Waals surface area contributed by atoms with Crippen LogP contribution in [0.5, 0.6) is 0 Å². The summed E-state index contributed by atoms with van der Waals surface area (Å²) in [4.78, 5) is 21.2. The Morgan fingerprint density at radius 2 is 2.00 bits per heavy atom. The first-order chi connectivity index (χ1) is 14.1. The number of anilines is 1. The summed E-state index contributed by atoms with van der Waals surface area (Å²) in [6.45, 7) is 9.75. The third kappa shape index (κ3) is 9.59. The molecule has 1 aliphatic rings. The molecular weight excluding hydrogens is 493 g/mol. The van der Waals surface area contributed by atoms with Gasteiger partial charge in [-0.15, -0.1) is 24.0 Å². The van der Waals surface area contributed by atoms with E-state index >= 15 is 0 Å². The molecule has 1 amide bonds. The van der Waals surface area contributed by atoms with Crippen LogP contribution in [-0.2, 0) is 9.53 Å². The first-order valence-corrected chi connectivity index (χ1v) is 10.9. The Bertz CT molecular complexity index is 645. The Labute approximate surface area is 198 Å². The minimum atomic E-state index is -0.0614. The molecule has 2 rings (SSSR count). The van der Waals surface area contributed by atoms with Crippen molar-refractivity contribution in [2.24, 2.45) is 10.4 Å². The Morgan fingerprint density at radius 3 is 2.63 bits per heavy atom. The van der Waals surface area contributed by atoms with Crippen molar-refractivity contribution in [2.45, 2.75) is 59.3 Å². The molecule has 0 spiro atoms. The van der Waals surface area contributed by atoms with E-state index in [2.05, 4.69) is 20.9 Å². The monoisotopic (exact) mass is 531 g/mol. The number of rotatable bonds is 11. The van der Waals surface area contributed by atoms with Crippen LogP contribution >= 0.6 is 24.0 Å². The van der Waals surface area contributed by atoms with Crippen molar-refractivity contribution in [3.05, 3.63) is 23.9 Å². The zero-order valence-electron chi connectivity index (χ0n) is 18.6. The number of nitrogens with zero attached hydrogens (tertiary/aromatic N) is 2. The maximum Gasteiger partial charge on any atom is 0.227 e. The maximum atomic E-state index is 12.1. The molecule has 0 bridgehead atoms. The summed E-state index contributed by atoms with van der Waals surface area (Å²) in [6.07, 6.45) is 8.15. The van der Waals surface area contributed by atoms with E-state index in [4.69, 9.17) is 9.73 Å². The number of pyridine rings is 1. The molecule has 30 heavy (non-hydrogen) atoms. The van der Waals surface area contributed by atoms with Gasteiger partial charge in [0, 0.05) is 45.5 Å². The van der Waals surface area contributed by atoms with Crippen LogP contribution in [0, 0.1) is 12.3 Å². The van der Waals surface area contributed by atoms with Crippen LogP contribution in [0.15, 0.2) is 23.3 Å². The predicted molar refractivity (Wildman–Crippen MR) is 134 cm³/mol. The van der Waals surface area contributed by atoms with Gasteiger partial charge in [-0.2, -0.15) is 0 Å². The molecule has 0 atom stereocenters. The van der Waals surface area contributed by atoms with Crippen molar-refractivity contribution in [1.82, 2.24) is 15.6 Å². The molecule has 170 valence electrons. The third-order valence-corrected chi connectivity index (χ3v) is 5.39. The predicted octanol–water partition coefficient (Wildman–Crippen LogP) is 3.88. The van der Waals surface area contributed by atoms with Crippen molar-refractivity contribution < 1.29 is 9.53 Å². The number of aliphatic imine (C=N–C) groups is 1. The molecule has 1 saturated carbocycles. The van der Waals surface area contributed by atoms with Crippen molar-refractivity contribution in [3.8, 4) is 0 Å². The lowest BCUT2D eigenvalue weighted by Gasteiger charge is -2.27. The number of ether oxygens (including phenoxy) is 1. The summed E-state index contributed by atoms with van der Waals surface area (Å²) in [6, 6.07) is 3.75. The fraction of sp³-hybridized carbons (Fsp3) is 0.682. The van der Waals surface area contributed by atoms with Crippen LogP contribution in [0.2, 0.25) is 0 Å². The highest BCUT2D eigenvalue weighted by Gasteiger charge is 2.33. The summed E-state index contributed by atoms with van der Waals surface area (Å²) in [5.41, 5.74) is 1.32. The molecule has 1 aromatic rings. The lowest BCUT2D eigenvalue weighted by Crippen LogP contribution is -2.39. The van der Waals surface area contributed by atoms with Crippen LogP contribution in [0.3, 0.4) is 0 Å². The van der Waals surface area contributed by atoms with Gasteiger partial charge < -0.3 is 20.7 Å². The van der Waals surface area contributed by atoms with E-state index in [9.17, 15) is 4.79 Å². The molecular formula is C22H38IN5O2. The summed E-state index contributed by atoms with van der Waals surface area (Å²) in [5.74, 6) is 1.30. The largest absolute Gasteiger partial charge is 0.382 e. The van der Waals surface area contributed by atoms with Gasteiger partial charge in [0.2, 0.25) is 5.91 Å². The van der Waals surface area contributed by atoms with Gasteiger partial charge in [-0.1, -0.05) is 18.9 Å². The van der Waals surface area contributed by atoms with E-state index in [1.807, 2.05) is 32.9 Å². The lowest BCUT2D eigenvalue weighted by molar-refractivity contribution is -0.116. The fourth-order valence-electron chi connectivity index (χ4n) is 3.68. The van der Waals surface area contributed by atoms with E-state index in [0.29, 0.717) is 18.8 Å². The van der Waals surface area contributed by atoms with Gasteiger partial charge in [0.1, 0.15) is 5.82 Å². The van der Waals surface area contributed by atoms with Crippen molar-refractivity contribution in [2.75, 3.05) is 38.2 Å². The van der Waals surface area contributed by atoms with Crippen LogP contribution in [0.4, 0.5) is 5.82 Å². The minimum absolute atomic E-state index is 0. The van der Waals surface area contributed by atoms with Gasteiger partial charge in [-0.05, 0) is 57.1 Å². The van der Waals surface area contributed by atoms with Gasteiger partial charge in [0.25, 0.3) is 0 Å². The van der Waals surface area contributed by atoms with Crippen molar-refractivity contribution in [1.29, 1.82) is 0 Å². The first-order valence-electron chi connectivity index (χ1n) is 10.9. The SMILES string of the molecule is CCNC(=NCC1(CCOCC)CCCC1)NCCC(=O)Nc1ccc(C)cn1.I. The Kier molecular flexibility index (Phi) is 12.9. The summed E-state index contributed by atoms with van der Waals surface area (Å²) in [7, 11) is 0. The second-order valence-electron chi connectivity index (χ2n) is 7.79. The fourth-order valence-corrected chi connectivity index (χ4v) is 3.68. The molecule has 0 aromatic carbocycles. The van der Waals surface area contributed by atoms with E-state index in [1.54, 1.807) is 6.20 Å². The number of halogens is 1. The Morgan fingerprint density at radius 1 is 1.23 bits per heavy atom. The summed E-state index contributed by atoms with van der Waals surface area (Å²) >= 11 is 0. The van der Waals surface area contributed by atoms with E-state index < -0.39 is 0 Å². The van der Waals surface area contributed by atoms with Crippen molar-refractivity contribution >= 4 is 41.7 Å². The second-order valence-corrected chi connectivity index (χ2v) is 7.79. The molecule has 1 heterocycles. The topological polar surface area (TPSA) is 87.6 Å². The van der Waals surface area contributed by atoms with Gasteiger partial charge >= 0.3 is 0 Å². The first kappa shape index (κ1) is 26.6. The number of aromatic nitrogens is 1. The Balaban J connectivity index is 0.00000450. The van der Waals surface area contributed by atoms with Crippen LogP contribution in [0.1, 0.15) is 57.9 Å². The summed E-state index contributed by atoms with van der Waals surface area (Å²) < 4.78 is 5.59. The molecule has 7 nitrogen and oxygen atoms in total. The molecule has 8 heteroatoms. The van der Waals surface area contributed by atoms with E-state index in [1.165, 1.54) is 25.7 Å². The molecule has 1 aliphatic carbocycles. The zero-order valence-corrected chi connectivity index (χ0v) is 21.0. The molecule has 0 aliphatic heterocycles. The highest BCUT2D eigenvalue weighted by Crippen LogP contribution is 2.41. The number of nitrogens with one attached hydrogen (secondary N) is 3. The number of hydrogen-bond donors (Lipinski definition) is 3. The lowest BCUT2D eigenvalue weighted by atomic mass is 9.83. The van der Waals surface area contributed by atoms with Crippen LogP contribution in [-0.4, -0.2) is 49.7 Å². The molecule has 3 N–H and O–H groups in total. The van der Waals surface area contributed by atoms with E-state index in [0.717, 1.165) is 44.2 Å². The van der Waals surface area contributed by atoms with E-state index in [-0.39, 0.29) is 35.3 Å². The molecule has 0 unspecified atom stereocenters. The molecule has 0 saturated heterocycles. The smallest absolute Gasteiger partial charge is 0.227 e. The van der Waals surface area contributed by atoms with Gasteiger partial charge in [-0.25, -0.2) is 4.98 Å². The van der Waals surface area contributed by atoms with Crippen molar-refractivity contribution in [3.63, 3.8) is 0 Å². The highest BCUT2D eigenvalue weighted by molar-refractivity contribution is 14.0. The summed E-state index contributed by atoms with van der Waals surface area (Å²) in [5, 5.41) is 9.39. The Hall–Kier alpha value is -1.42. The van der Waals surface area contributed by atoms with Gasteiger partial charge in [0.05, 0.1) is 0 Å². The molecule has 1 aromatic heterocycles. The highest BCUT2D eigenvalue weighted by atomic mass is 127. The average Bonchev–Trinajstić information content (AvgIpc) is 3.17. The zero-order chi connectivity index (χ0) is 21.0. The third-order valence-electron chi connectivity index (χ3n) is 5.39. The number of amides is 1. The maximum absolute atomic E-state index is 12.1. The van der Waals surface area contributed by atoms with Crippen LogP contribution < -0.4 is 16.0 Å². The number of carbonyl (C=O) groups excluding carboxylic acids is 1. The standard InChI is InChI=1S/C22H37N5O2.HI/c1-4-23-21(26-17-22(11-6-7-12-22)13-15-29-5-2)24-14-10-20(28)27-19-9-8-18(3)16-25-19;/h8-9,16H,4-7,10-15,17H2,1-3H3,(H2,23,24,26)(H,25,27,28);1H. The number of guanidine groups is 1. The van der Waals surface area contributed by atoms with Gasteiger partial charge in [0.15, 0.2) is 5.96 Å². The van der Waals surface area contributed by atoms with Crippen LogP contribution in [0.25, 0.3) is 0 Å². The molecule has 1 fully saturated rings. The second kappa shape index (κ2) is 14.6.